The summed E-state index contributed by atoms with van der Waals surface area (Å²) in [7, 11) is 0. The van der Waals surface area contributed by atoms with Crippen molar-refractivity contribution in [3.05, 3.63) is 71.6 Å². The molecule has 0 amide bonds. The summed E-state index contributed by atoms with van der Waals surface area (Å²) in [6.07, 6.45) is 4.40. The van der Waals surface area contributed by atoms with Crippen LogP contribution in [0.3, 0.4) is 0 Å². The number of nitrogens with zero attached hydrogens (tertiary/aromatic N) is 3. The molecule has 1 aliphatic heterocycles. The Kier molecular flexibility index (Phi) is 4.07. The molecule has 0 radical (unpaired) electrons. The lowest BCUT2D eigenvalue weighted by Crippen LogP contribution is -2.34. The number of pyridine rings is 1. The number of benzene rings is 1. The first-order valence-electron chi connectivity index (χ1n) is 8.61. The third-order valence-electron chi connectivity index (χ3n) is 4.94. The lowest BCUT2D eigenvalue weighted by atomic mass is 9.93. The van der Waals surface area contributed by atoms with E-state index in [2.05, 4.69) is 34.6 Å². The van der Waals surface area contributed by atoms with Crippen LogP contribution in [0.5, 0.6) is 0 Å². The lowest BCUT2D eigenvalue weighted by Gasteiger charge is -2.32. The second kappa shape index (κ2) is 6.36. The zero-order valence-electron chi connectivity index (χ0n) is 14.0. The van der Waals surface area contributed by atoms with Gasteiger partial charge in [0.25, 0.3) is 0 Å². The average molecular weight is 323 g/mol. The highest BCUT2D eigenvalue weighted by molar-refractivity contribution is 5.54. The quantitative estimate of drug-likeness (QED) is 0.721. The van der Waals surface area contributed by atoms with Gasteiger partial charge in [0.15, 0.2) is 0 Å². The minimum Gasteiger partial charge on any atom is -0.304 e. The van der Waals surface area contributed by atoms with Crippen molar-refractivity contribution in [3.8, 4) is 0 Å². The fourth-order valence-electron chi connectivity index (χ4n) is 3.84. The van der Waals surface area contributed by atoms with E-state index in [1.807, 2.05) is 12.1 Å². The number of piperidine rings is 1. The molecule has 1 aromatic carbocycles. The van der Waals surface area contributed by atoms with E-state index in [1.54, 1.807) is 12.1 Å². The molecule has 2 aromatic heterocycles. The Morgan fingerprint density at radius 3 is 3.00 bits per heavy atom. The summed E-state index contributed by atoms with van der Waals surface area (Å²) < 4.78 is 15.6. The first-order chi connectivity index (χ1) is 11.7. The standard InChI is InChI=1S/C20H22FN3/c1-15-22-20(19-9-2-3-11-24(15)19)17-7-5-10-23(14-17)13-16-6-4-8-18(21)12-16/h2-4,6,8-9,11-12,17H,5,7,10,13-14H2,1H3/t17-/m0/s1. The van der Waals surface area contributed by atoms with Gasteiger partial charge in [0.05, 0.1) is 11.2 Å². The van der Waals surface area contributed by atoms with Crippen LogP contribution in [-0.4, -0.2) is 27.4 Å². The molecule has 1 atom stereocenters. The number of hydrogen-bond donors (Lipinski definition) is 0. The van der Waals surface area contributed by atoms with E-state index in [9.17, 15) is 4.39 Å². The van der Waals surface area contributed by atoms with E-state index in [1.165, 1.54) is 23.7 Å². The fourth-order valence-corrected chi connectivity index (χ4v) is 3.84. The van der Waals surface area contributed by atoms with Crippen molar-refractivity contribution in [2.24, 2.45) is 0 Å². The van der Waals surface area contributed by atoms with Crippen molar-refractivity contribution in [2.75, 3.05) is 13.1 Å². The van der Waals surface area contributed by atoms with E-state index >= 15 is 0 Å². The molecule has 3 aromatic rings. The number of aromatic nitrogens is 2. The summed E-state index contributed by atoms with van der Waals surface area (Å²) in [5.74, 6) is 1.33. The van der Waals surface area contributed by atoms with Gasteiger partial charge in [0, 0.05) is 25.2 Å². The van der Waals surface area contributed by atoms with Crippen LogP contribution >= 0.6 is 0 Å². The molecule has 0 spiro atoms. The normalized spacial score (nSPS) is 19.0. The fraction of sp³-hybridized carbons (Fsp3) is 0.350. The van der Waals surface area contributed by atoms with E-state index < -0.39 is 0 Å². The van der Waals surface area contributed by atoms with Crippen LogP contribution in [0, 0.1) is 12.7 Å². The SMILES string of the molecule is Cc1nc([C@H]2CCCN(Cc3cccc(F)c3)C2)c2ccccn12. The van der Waals surface area contributed by atoms with Gasteiger partial charge >= 0.3 is 0 Å². The minimum absolute atomic E-state index is 0.156. The predicted octanol–water partition coefficient (Wildman–Crippen LogP) is 4.16. The first-order valence-corrected chi connectivity index (χ1v) is 8.61. The third-order valence-corrected chi connectivity index (χ3v) is 4.94. The second-order valence-electron chi connectivity index (χ2n) is 6.70. The highest BCUT2D eigenvalue weighted by Gasteiger charge is 2.25. The van der Waals surface area contributed by atoms with Gasteiger partial charge < -0.3 is 4.40 Å². The lowest BCUT2D eigenvalue weighted by molar-refractivity contribution is 0.199. The van der Waals surface area contributed by atoms with Crippen LogP contribution in [0.2, 0.25) is 0 Å². The number of rotatable bonds is 3. The molecule has 24 heavy (non-hydrogen) atoms. The van der Waals surface area contributed by atoms with Gasteiger partial charge in [0.1, 0.15) is 11.6 Å². The molecular formula is C20H22FN3. The Bertz CT molecular complexity index is 855. The summed E-state index contributed by atoms with van der Waals surface area (Å²) >= 11 is 0. The van der Waals surface area contributed by atoms with Gasteiger partial charge in [-0.05, 0) is 56.1 Å². The monoisotopic (exact) mass is 323 g/mol. The molecule has 0 bridgehead atoms. The van der Waals surface area contributed by atoms with Crippen LogP contribution in [0.1, 0.15) is 35.8 Å². The highest BCUT2D eigenvalue weighted by Crippen LogP contribution is 2.30. The Morgan fingerprint density at radius 1 is 1.21 bits per heavy atom. The Morgan fingerprint density at radius 2 is 2.12 bits per heavy atom. The van der Waals surface area contributed by atoms with Crippen LogP contribution in [0.15, 0.2) is 48.7 Å². The van der Waals surface area contributed by atoms with E-state index in [-0.39, 0.29) is 5.82 Å². The third kappa shape index (κ3) is 2.94. The zero-order valence-corrected chi connectivity index (χ0v) is 14.0. The number of halogens is 1. The first kappa shape index (κ1) is 15.3. The average Bonchev–Trinajstić information content (AvgIpc) is 2.93. The Labute approximate surface area is 141 Å². The maximum atomic E-state index is 13.4. The van der Waals surface area contributed by atoms with Gasteiger partial charge in [-0.15, -0.1) is 0 Å². The molecule has 1 fully saturated rings. The number of aryl methyl sites for hydroxylation is 1. The molecule has 0 aliphatic carbocycles. The molecule has 1 saturated heterocycles. The van der Waals surface area contributed by atoms with Crippen molar-refractivity contribution in [1.29, 1.82) is 0 Å². The number of likely N-dealkylation sites (tertiary alicyclic amines) is 1. The van der Waals surface area contributed by atoms with Gasteiger partial charge in [0.2, 0.25) is 0 Å². The highest BCUT2D eigenvalue weighted by atomic mass is 19.1. The minimum atomic E-state index is -0.156. The smallest absolute Gasteiger partial charge is 0.123 e. The molecular weight excluding hydrogens is 301 g/mol. The maximum Gasteiger partial charge on any atom is 0.123 e. The molecule has 4 heteroatoms. The second-order valence-corrected chi connectivity index (χ2v) is 6.70. The maximum absolute atomic E-state index is 13.4. The van der Waals surface area contributed by atoms with Gasteiger partial charge in [-0.2, -0.15) is 0 Å². The molecule has 0 unspecified atom stereocenters. The number of fused-ring (bicyclic) bond motifs is 1. The summed E-state index contributed by atoms with van der Waals surface area (Å²) in [6.45, 7) is 4.91. The summed E-state index contributed by atoms with van der Waals surface area (Å²) in [6, 6.07) is 13.2. The zero-order chi connectivity index (χ0) is 16.5. The molecule has 124 valence electrons. The molecule has 1 aliphatic rings. The van der Waals surface area contributed by atoms with Crippen molar-refractivity contribution >= 4 is 5.52 Å². The van der Waals surface area contributed by atoms with E-state index in [4.69, 9.17) is 4.98 Å². The van der Waals surface area contributed by atoms with Crippen molar-refractivity contribution in [1.82, 2.24) is 14.3 Å². The molecule has 3 nitrogen and oxygen atoms in total. The molecule has 3 heterocycles. The summed E-state index contributed by atoms with van der Waals surface area (Å²) in [5.41, 5.74) is 3.46. The van der Waals surface area contributed by atoms with Crippen molar-refractivity contribution < 1.29 is 4.39 Å². The van der Waals surface area contributed by atoms with E-state index in [0.29, 0.717) is 5.92 Å². The van der Waals surface area contributed by atoms with Crippen LogP contribution < -0.4 is 0 Å². The van der Waals surface area contributed by atoms with E-state index in [0.717, 1.165) is 37.4 Å². The number of hydrogen-bond acceptors (Lipinski definition) is 2. The summed E-state index contributed by atoms with van der Waals surface area (Å²) in [4.78, 5) is 7.27. The predicted molar refractivity (Wildman–Crippen MR) is 93.6 cm³/mol. The largest absolute Gasteiger partial charge is 0.304 e. The summed E-state index contributed by atoms with van der Waals surface area (Å²) in [5, 5.41) is 0. The molecule has 0 N–H and O–H groups in total. The number of imidazole rings is 1. The molecule has 0 saturated carbocycles. The Balaban J connectivity index is 1.56. The van der Waals surface area contributed by atoms with Crippen LogP contribution in [0.4, 0.5) is 4.39 Å². The Hall–Kier alpha value is -2.20. The van der Waals surface area contributed by atoms with Gasteiger partial charge in [-0.3, -0.25) is 4.90 Å². The van der Waals surface area contributed by atoms with Crippen LogP contribution in [0.25, 0.3) is 5.52 Å². The van der Waals surface area contributed by atoms with Crippen LogP contribution in [-0.2, 0) is 6.54 Å². The van der Waals surface area contributed by atoms with Gasteiger partial charge in [-0.1, -0.05) is 18.2 Å². The topological polar surface area (TPSA) is 20.5 Å². The van der Waals surface area contributed by atoms with Crippen molar-refractivity contribution in [3.63, 3.8) is 0 Å². The molecule has 4 rings (SSSR count). The van der Waals surface area contributed by atoms with Gasteiger partial charge in [-0.25, -0.2) is 9.37 Å². The van der Waals surface area contributed by atoms with Crippen molar-refractivity contribution in [2.45, 2.75) is 32.2 Å².